The normalized spacial score (nSPS) is 27.7. The summed E-state index contributed by atoms with van der Waals surface area (Å²) in [6.07, 6.45) is 5.76. The smallest absolute Gasteiger partial charge is 0.318 e. The van der Waals surface area contributed by atoms with Gasteiger partial charge in [-0.25, -0.2) is 8.78 Å². The Kier molecular flexibility index (Phi) is 8.31. The van der Waals surface area contributed by atoms with E-state index in [1.54, 1.807) is 18.2 Å². The first-order chi connectivity index (χ1) is 26.3. The maximum Gasteiger partial charge on any atom is 0.318 e. The summed E-state index contributed by atoms with van der Waals surface area (Å²) < 4.78 is 38.4. The molecule has 0 aliphatic carbocycles. The number of hydrogen-bond donors (Lipinski definition) is 1. The molecule has 0 saturated carbocycles. The van der Waals surface area contributed by atoms with E-state index < -0.39 is 6.17 Å². The van der Waals surface area contributed by atoms with Crippen LogP contribution >= 0.6 is 0 Å². The molecule has 2 aromatic heterocycles. The van der Waals surface area contributed by atoms with E-state index in [9.17, 15) is 14.3 Å². The summed E-state index contributed by atoms with van der Waals surface area (Å²) >= 11 is 0. The fraction of sp³-hybridized carbons (Fsp3) is 0.561. The van der Waals surface area contributed by atoms with Gasteiger partial charge in [0.2, 0.25) is 0 Å². The lowest BCUT2D eigenvalue weighted by atomic mass is 9.77. The lowest BCUT2D eigenvalue weighted by molar-refractivity contribution is -0.0154. The summed E-state index contributed by atoms with van der Waals surface area (Å²) in [6, 6.07) is 8.85. The van der Waals surface area contributed by atoms with Gasteiger partial charge in [-0.05, 0) is 93.1 Å². The number of rotatable bonds is 8. The number of ketones is 1. The Labute approximate surface area is 313 Å². The van der Waals surface area contributed by atoms with Gasteiger partial charge in [0.15, 0.2) is 5.78 Å². The van der Waals surface area contributed by atoms with Crippen LogP contribution in [0.15, 0.2) is 30.3 Å². The number of aromatic nitrogens is 4. The van der Waals surface area contributed by atoms with Crippen molar-refractivity contribution < 1.29 is 23.4 Å². The molecule has 3 unspecified atom stereocenters. The molecule has 8 heterocycles. The Morgan fingerprint density at radius 1 is 1.02 bits per heavy atom. The molecule has 2 aromatic carbocycles. The second kappa shape index (κ2) is 13.1. The van der Waals surface area contributed by atoms with Crippen LogP contribution in [0.2, 0.25) is 0 Å². The highest BCUT2D eigenvalue weighted by Gasteiger charge is 2.50. The van der Waals surface area contributed by atoms with E-state index in [-0.39, 0.29) is 34.9 Å². The molecule has 5 atom stereocenters. The molecule has 2 bridgehead atoms. The Hall–Kier alpha value is -4.36. The minimum atomic E-state index is -0.864. The SMILES string of the molecule is CCc1c(F)ccc2cc(O)cc(N3CCc4c(nc(OC[C@@]56CCCN5C[C@H](F)C6)nc4N4CCCn5nc(C(=O)C6C7CCCN6C7)cc5C4)C3)c12. The van der Waals surface area contributed by atoms with E-state index in [0.29, 0.717) is 75.8 Å². The highest BCUT2D eigenvalue weighted by Crippen LogP contribution is 2.42. The summed E-state index contributed by atoms with van der Waals surface area (Å²) in [5.41, 5.74) is 4.46. The van der Waals surface area contributed by atoms with E-state index in [1.807, 2.05) is 17.7 Å². The third-order valence-electron chi connectivity index (χ3n) is 13.2. The molecule has 0 spiro atoms. The number of carbonyl (C=O) groups excluding carboxylic acids is 1. The Morgan fingerprint density at radius 3 is 2.76 bits per heavy atom. The van der Waals surface area contributed by atoms with Gasteiger partial charge in [0.05, 0.1) is 36.1 Å². The molecule has 4 saturated heterocycles. The molecule has 11 nitrogen and oxygen atoms in total. The third kappa shape index (κ3) is 5.63. The van der Waals surface area contributed by atoms with Crippen LogP contribution in [0.3, 0.4) is 0 Å². The average molecular weight is 739 g/mol. The van der Waals surface area contributed by atoms with Gasteiger partial charge in [-0.3, -0.25) is 19.3 Å². The maximum atomic E-state index is 15.2. The second-order valence-electron chi connectivity index (χ2n) is 16.5. The first-order valence-electron chi connectivity index (χ1n) is 20.0. The Morgan fingerprint density at radius 2 is 1.93 bits per heavy atom. The topological polar surface area (TPSA) is 103 Å². The Balaban J connectivity index is 0.996. The number of aryl methyl sites for hydroxylation is 2. The molecule has 0 amide bonds. The molecular weight excluding hydrogens is 690 g/mol. The fourth-order valence-corrected chi connectivity index (χ4v) is 10.6. The standard InChI is InChI=1S/C41H48F2N8O3/c1-2-30-32(43)8-7-25-16-29(52)18-35(36(25)30)47-15-9-31-34(23-47)44-40(54-24-41-10-4-13-50(41)21-27(42)19-41)45-39(31)49-12-5-14-51-28(22-49)17-33(46-51)38(53)37-26-6-3-11-48(37)20-26/h7-8,16-18,26-27,37,52H,2-6,9-15,19-24H2,1H3/t26?,27-,37?,41+/m1/s1. The molecule has 6 aliphatic rings. The number of benzene rings is 2. The summed E-state index contributed by atoms with van der Waals surface area (Å²) in [7, 11) is 0. The minimum absolute atomic E-state index is 0.0399. The van der Waals surface area contributed by atoms with Gasteiger partial charge in [0, 0.05) is 61.8 Å². The van der Waals surface area contributed by atoms with Crippen molar-refractivity contribution >= 4 is 28.1 Å². The van der Waals surface area contributed by atoms with E-state index in [1.165, 1.54) is 6.07 Å². The van der Waals surface area contributed by atoms with Crippen molar-refractivity contribution in [1.29, 1.82) is 0 Å². The summed E-state index contributed by atoms with van der Waals surface area (Å²) in [6.45, 7) is 8.65. The third-order valence-corrected chi connectivity index (χ3v) is 13.2. The zero-order valence-corrected chi connectivity index (χ0v) is 30.9. The molecule has 6 aliphatic heterocycles. The van der Waals surface area contributed by atoms with Crippen LogP contribution in [0.4, 0.5) is 20.3 Å². The summed E-state index contributed by atoms with van der Waals surface area (Å²) in [4.78, 5) is 32.8. The summed E-state index contributed by atoms with van der Waals surface area (Å²) in [5.74, 6) is 1.27. The first-order valence-corrected chi connectivity index (χ1v) is 20.0. The molecule has 10 rings (SSSR count). The summed E-state index contributed by atoms with van der Waals surface area (Å²) in [5, 5.41) is 17.2. The van der Waals surface area contributed by atoms with Crippen molar-refractivity contribution in [3.63, 3.8) is 0 Å². The number of Topliss-reactive ketones (excluding diaryl/α,β-unsaturated/α-hetero) is 1. The van der Waals surface area contributed by atoms with E-state index in [4.69, 9.17) is 19.8 Å². The van der Waals surface area contributed by atoms with Crippen molar-refractivity contribution in [3.8, 4) is 11.8 Å². The number of phenols is 1. The predicted molar refractivity (Wildman–Crippen MR) is 201 cm³/mol. The number of nitrogens with zero attached hydrogens (tertiary/aromatic N) is 8. The number of hydrogen-bond acceptors (Lipinski definition) is 10. The molecule has 284 valence electrons. The lowest BCUT2D eigenvalue weighted by Crippen LogP contribution is -2.63. The van der Waals surface area contributed by atoms with Crippen molar-refractivity contribution in [3.05, 3.63) is 64.4 Å². The van der Waals surface area contributed by atoms with E-state index >= 15 is 4.39 Å². The minimum Gasteiger partial charge on any atom is -0.508 e. The highest BCUT2D eigenvalue weighted by atomic mass is 19.1. The quantitative estimate of drug-likeness (QED) is 0.235. The van der Waals surface area contributed by atoms with Crippen LogP contribution < -0.4 is 14.5 Å². The molecule has 54 heavy (non-hydrogen) atoms. The van der Waals surface area contributed by atoms with Gasteiger partial charge < -0.3 is 19.6 Å². The lowest BCUT2D eigenvalue weighted by Gasteiger charge is -2.51. The number of carbonyl (C=O) groups is 1. The number of ether oxygens (including phenoxy) is 1. The molecule has 4 fully saturated rings. The average Bonchev–Trinajstić information content (AvgIpc) is 3.80. The predicted octanol–water partition coefficient (Wildman–Crippen LogP) is 5.44. The van der Waals surface area contributed by atoms with Crippen molar-refractivity contribution in [2.45, 2.75) is 95.7 Å². The van der Waals surface area contributed by atoms with Crippen LogP contribution in [-0.2, 0) is 32.5 Å². The molecule has 4 aromatic rings. The first kappa shape index (κ1) is 34.2. The number of piperidine rings is 2. The fourth-order valence-electron chi connectivity index (χ4n) is 10.6. The van der Waals surface area contributed by atoms with Crippen LogP contribution in [0.1, 0.15) is 78.5 Å². The van der Waals surface area contributed by atoms with Gasteiger partial charge >= 0.3 is 6.01 Å². The number of aromatic hydroxyl groups is 1. The largest absolute Gasteiger partial charge is 0.508 e. The van der Waals surface area contributed by atoms with Crippen molar-refractivity contribution in [2.75, 3.05) is 55.7 Å². The monoisotopic (exact) mass is 738 g/mol. The van der Waals surface area contributed by atoms with Gasteiger partial charge in [0.25, 0.3) is 0 Å². The number of phenolic OH excluding ortho intramolecular Hbond substituents is 1. The van der Waals surface area contributed by atoms with Crippen molar-refractivity contribution in [2.24, 2.45) is 5.92 Å². The maximum absolute atomic E-state index is 15.2. The molecule has 1 N–H and O–H groups in total. The highest BCUT2D eigenvalue weighted by molar-refractivity contribution is 6.00. The second-order valence-corrected chi connectivity index (χ2v) is 16.5. The Bertz CT molecular complexity index is 2130. The van der Waals surface area contributed by atoms with Crippen LogP contribution in [0, 0.1) is 11.7 Å². The van der Waals surface area contributed by atoms with Gasteiger partial charge in [-0.15, -0.1) is 0 Å². The number of alkyl halides is 1. The molecule has 13 heteroatoms. The molecule has 0 radical (unpaired) electrons. The van der Waals surface area contributed by atoms with Gasteiger partial charge in [-0.1, -0.05) is 13.0 Å². The van der Waals surface area contributed by atoms with Crippen LogP contribution in [-0.4, -0.2) is 104 Å². The van der Waals surface area contributed by atoms with Crippen LogP contribution in [0.5, 0.6) is 11.8 Å². The van der Waals surface area contributed by atoms with Crippen molar-refractivity contribution in [1.82, 2.24) is 29.5 Å². The van der Waals surface area contributed by atoms with Crippen LogP contribution in [0.25, 0.3) is 10.8 Å². The zero-order valence-electron chi connectivity index (χ0n) is 30.9. The van der Waals surface area contributed by atoms with Gasteiger partial charge in [0.1, 0.15) is 35.9 Å². The van der Waals surface area contributed by atoms with E-state index in [0.717, 1.165) is 97.5 Å². The molecular formula is C41H48F2N8O3. The number of anilines is 2. The van der Waals surface area contributed by atoms with Gasteiger partial charge in [-0.2, -0.15) is 15.1 Å². The zero-order chi connectivity index (χ0) is 36.7. The number of halogens is 2. The number of fused-ring (bicyclic) bond motifs is 6. The van der Waals surface area contributed by atoms with E-state index in [2.05, 4.69) is 19.6 Å².